The molecule has 1 atom stereocenters. The standard InChI is InChI=1S/C18H15NO6/c1-2-24-18-15(16(21)12-5-3-4-6-14(12)25-18)19-10-7-8-11(17(22)23)13(20)9-10/h3-9,18,20H,2H2,1H3,(H,22,23). The molecule has 128 valence electrons. The highest BCUT2D eigenvalue weighted by Gasteiger charge is 2.34. The number of carboxylic acids is 1. The summed E-state index contributed by atoms with van der Waals surface area (Å²) in [6.45, 7) is 2.07. The third kappa shape index (κ3) is 3.22. The summed E-state index contributed by atoms with van der Waals surface area (Å²) in [6.07, 6.45) is -0.978. The summed E-state index contributed by atoms with van der Waals surface area (Å²) in [4.78, 5) is 27.9. The predicted octanol–water partition coefficient (Wildman–Crippen LogP) is 2.80. The fraction of sp³-hybridized carbons (Fsp3) is 0.167. The van der Waals surface area contributed by atoms with Crippen LogP contribution < -0.4 is 4.74 Å². The van der Waals surface area contributed by atoms with Gasteiger partial charge in [-0.25, -0.2) is 9.79 Å². The number of para-hydroxylation sites is 1. The monoisotopic (exact) mass is 341 g/mol. The summed E-state index contributed by atoms with van der Waals surface area (Å²) in [7, 11) is 0. The van der Waals surface area contributed by atoms with Crippen molar-refractivity contribution in [3.05, 3.63) is 53.6 Å². The number of carbonyl (C=O) groups excluding carboxylic acids is 1. The van der Waals surface area contributed by atoms with E-state index in [-0.39, 0.29) is 22.7 Å². The molecule has 1 unspecified atom stereocenters. The molecule has 1 heterocycles. The Kier molecular flexibility index (Phi) is 4.49. The van der Waals surface area contributed by atoms with E-state index in [2.05, 4.69) is 4.99 Å². The van der Waals surface area contributed by atoms with E-state index in [1.807, 2.05) is 0 Å². The third-order valence-corrected chi connectivity index (χ3v) is 3.60. The number of rotatable bonds is 4. The van der Waals surface area contributed by atoms with E-state index in [1.165, 1.54) is 18.2 Å². The zero-order chi connectivity index (χ0) is 18.0. The van der Waals surface area contributed by atoms with Gasteiger partial charge in [0, 0.05) is 12.7 Å². The van der Waals surface area contributed by atoms with Crippen LogP contribution in [0, 0.1) is 0 Å². The number of phenols is 1. The average Bonchev–Trinajstić information content (AvgIpc) is 2.58. The molecule has 0 spiro atoms. The van der Waals surface area contributed by atoms with Gasteiger partial charge >= 0.3 is 5.97 Å². The number of aliphatic imine (C=N–C) groups is 1. The van der Waals surface area contributed by atoms with Crippen LogP contribution in [-0.4, -0.2) is 40.6 Å². The summed E-state index contributed by atoms with van der Waals surface area (Å²) in [6, 6.07) is 10.5. The predicted molar refractivity (Wildman–Crippen MR) is 89.0 cm³/mol. The van der Waals surface area contributed by atoms with Crippen molar-refractivity contribution in [1.29, 1.82) is 0 Å². The van der Waals surface area contributed by atoms with Crippen LogP contribution in [0.25, 0.3) is 0 Å². The van der Waals surface area contributed by atoms with Crippen molar-refractivity contribution in [3.8, 4) is 11.5 Å². The molecule has 0 aromatic heterocycles. The highest BCUT2D eigenvalue weighted by Crippen LogP contribution is 2.29. The molecule has 0 amide bonds. The molecule has 0 bridgehead atoms. The molecular weight excluding hydrogens is 326 g/mol. The smallest absolute Gasteiger partial charge is 0.339 e. The first-order valence-corrected chi connectivity index (χ1v) is 7.58. The lowest BCUT2D eigenvalue weighted by atomic mass is 10.0. The molecule has 7 nitrogen and oxygen atoms in total. The summed E-state index contributed by atoms with van der Waals surface area (Å²) < 4.78 is 11.1. The molecule has 25 heavy (non-hydrogen) atoms. The van der Waals surface area contributed by atoms with Crippen LogP contribution in [0.1, 0.15) is 27.6 Å². The fourth-order valence-corrected chi connectivity index (χ4v) is 2.45. The Bertz CT molecular complexity index is 874. The Morgan fingerprint density at radius 2 is 2.04 bits per heavy atom. The van der Waals surface area contributed by atoms with Crippen LogP contribution in [-0.2, 0) is 4.74 Å². The van der Waals surface area contributed by atoms with Crippen molar-refractivity contribution in [2.75, 3.05) is 6.61 Å². The van der Waals surface area contributed by atoms with E-state index in [0.717, 1.165) is 0 Å². The number of Topliss-reactive ketones (excluding diaryl/α,β-unsaturated/α-hetero) is 1. The second-order valence-corrected chi connectivity index (χ2v) is 5.23. The molecule has 3 rings (SSSR count). The molecule has 0 aliphatic carbocycles. The number of carbonyl (C=O) groups is 2. The van der Waals surface area contributed by atoms with Gasteiger partial charge in [-0.2, -0.15) is 0 Å². The van der Waals surface area contributed by atoms with E-state index in [4.69, 9.17) is 14.6 Å². The lowest BCUT2D eigenvalue weighted by Gasteiger charge is -2.26. The molecule has 2 N–H and O–H groups in total. The van der Waals surface area contributed by atoms with Gasteiger partial charge in [0.1, 0.15) is 17.1 Å². The molecule has 2 aromatic carbocycles. The number of ketones is 1. The second kappa shape index (κ2) is 6.74. The van der Waals surface area contributed by atoms with Gasteiger partial charge in [0.25, 0.3) is 0 Å². The fourth-order valence-electron chi connectivity index (χ4n) is 2.45. The van der Waals surface area contributed by atoms with Crippen LogP contribution in [0.15, 0.2) is 47.5 Å². The number of aromatic hydroxyl groups is 1. The number of benzene rings is 2. The minimum Gasteiger partial charge on any atom is -0.507 e. The molecule has 0 saturated heterocycles. The zero-order valence-corrected chi connectivity index (χ0v) is 13.3. The minimum absolute atomic E-state index is 0.0306. The maximum absolute atomic E-state index is 12.7. The second-order valence-electron chi connectivity index (χ2n) is 5.23. The average molecular weight is 341 g/mol. The van der Waals surface area contributed by atoms with Gasteiger partial charge in [-0.3, -0.25) is 4.79 Å². The van der Waals surface area contributed by atoms with Crippen LogP contribution in [0.5, 0.6) is 11.5 Å². The van der Waals surface area contributed by atoms with Crippen molar-refractivity contribution < 1.29 is 29.3 Å². The van der Waals surface area contributed by atoms with Gasteiger partial charge in [0.2, 0.25) is 12.1 Å². The Hall–Kier alpha value is -3.19. The van der Waals surface area contributed by atoms with E-state index in [0.29, 0.717) is 17.9 Å². The van der Waals surface area contributed by atoms with Crippen LogP contribution >= 0.6 is 0 Å². The molecule has 0 saturated carbocycles. The highest BCUT2D eigenvalue weighted by atomic mass is 16.7. The van der Waals surface area contributed by atoms with Crippen molar-refractivity contribution in [1.82, 2.24) is 0 Å². The summed E-state index contributed by atoms with van der Waals surface area (Å²) in [5.74, 6) is -1.63. The normalized spacial score (nSPS) is 17.9. The Morgan fingerprint density at radius 3 is 2.72 bits per heavy atom. The number of carboxylic acid groups (broad SMARTS) is 1. The number of aromatic carboxylic acids is 1. The lowest BCUT2D eigenvalue weighted by Crippen LogP contribution is -2.40. The number of ether oxygens (including phenoxy) is 2. The third-order valence-electron chi connectivity index (χ3n) is 3.60. The Labute approximate surface area is 143 Å². The minimum atomic E-state index is -1.25. The summed E-state index contributed by atoms with van der Waals surface area (Å²) in [5.41, 5.74) is 0.368. The maximum Gasteiger partial charge on any atom is 0.339 e. The van der Waals surface area contributed by atoms with Crippen molar-refractivity contribution in [2.24, 2.45) is 4.99 Å². The van der Waals surface area contributed by atoms with Gasteiger partial charge in [-0.1, -0.05) is 12.1 Å². The van der Waals surface area contributed by atoms with Crippen molar-refractivity contribution in [2.45, 2.75) is 13.2 Å². The number of nitrogens with zero attached hydrogens (tertiary/aromatic N) is 1. The topological polar surface area (TPSA) is 105 Å². The molecule has 1 aliphatic heterocycles. The summed E-state index contributed by atoms with van der Waals surface area (Å²) >= 11 is 0. The van der Waals surface area contributed by atoms with Crippen LogP contribution in [0.2, 0.25) is 0 Å². The SMILES string of the molecule is CCOC1Oc2ccccc2C(=O)C1=Nc1ccc(C(=O)O)c(O)c1. The van der Waals surface area contributed by atoms with Crippen molar-refractivity contribution in [3.63, 3.8) is 0 Å². The number of fused-ring (bicyclic) bond motifs is 1. The van der Waals surface area contributed by atoms with Gasteiger partial charge in [-0.15, -0.1) is 0 Å². The highest BCUT2D eigenvalue weighted by molar-refractivity contribution is 6.48. The Morgan fingerprint density at radius 1 is 1.28 bits per heavy atom. The van der Waals surface area contributed by atoms with E-state index >= 15 is 0 Å². The van der Waals surface area contributed by atoms with Crippen LogP contribution in [0.4, 0.5) is 5.69 Å². The number of hydrogen-bond donors (Lipinski definition) is 2. The quantitative estimate of drug-likeness (QED) is 0.886. The van der Waals surface area contributed by atoms with Gasteiger partial charge in [0.15, 0.2) is 5.71 Å². The van der Waals surface area contributed by atoms with Gasteiger partial charge < -0.3 is 19.7 Å². The maximum atomic E-state index is 12.7. The summed E-state index contributed by atoms with van der Waals surface area (Å²) in [5, 5.41) is 18.7. The van der Waals surface area contributed by atoms with E-state index in [1.54, 1.807) is 31.2 Å². The van der Waals surface area contributed by atoms with E-state index < -0.39 is 18.0 Å². The van der Waals surface area contributed by atoms with Gasteiger partial charge in [0.05, 0.1) is 11.3 Å². The Balaban J connectivity index is 2.04. The largest absolute Gasteiger partial charge is 0.507 e. The molecular formula is C18H15NO6. The zero-order valence-electron chi connectivity index (χ0n) is 13.3. The molecule has 0 fully saturated rings. The first-order chi connectivity index (χ1) is 12.0. The first-order valence-electron chi connectivity index (χ1n) is 7.58. The molecule has 7 heteroatoms. The first kappa shape index (κ1) is 16.7. The molecule has 2 aromatic rings. The molecule has 0 radical (unpaired) electrons. The molecule has 1 aliphatic rings. The van der Waals surface area contributed by atoms with Crippen LogP contribution in [0.3, 0.4) is 0 Å². The van der Waals surface area contributed by atoms with Gasteiger partial charge in [-0.05, 0) is 31.2 Å². The lowest BCUT2D eigenvalue weighted by molar-refractivity contribution is -0.0285. The number of hydrogen-bond acceptors (Lipinski definition) is 6. The van der Waals surface area contributed by atoms with Crippen molar-refractivity contribution >= 4 is 23.2 Å². The van der Waals surface area contributed by atoms with E-state index in [9.17, 15) is 14.7 Å².